The van der Waals surface area contributed by atoms with Crippen LogP contribution in [-0.2, 0) is 0 Å². The lowest BCUT2D eigenvalue weighted by atomic mass is 9.79. The number of hydrogen-bond acceptors (Lipinski definition) is 0. The summed E-state index contributed by atoms with van der Waals surface area (Å²) >= 11 is 0. The fourth-order valence-corrected chi connectivity index (χ4v) is 4.13. The smallest absolute Gasteiger partial charge is 0.0162 e. The molecule has 29 heavy (non-hydrogen) atoms. The normalized spacial score (nSPS) is 14.3. The van der Waals surface area contributed by atoms with E-state index in [1.165, 1.54) is 81.4 Å². The summed E-state index contributed by atoms with van der Waals surface area (Å²) in [5.74, 6) is 1.57. The van der Waals surface area contributed by atoms with Gasteiger partial charge >= 0.3 is 0 Å². The predicted octanol–water partition coefficient (Wildman–Crippen LogP) is 10.4. The van der Waals surface area contributed by atoms with Crippen LogP contribution in [0.1, 0.15) is 135 Å². The molecule has 0 amide bonds. The Morgan fingerprint density at radius 2 is 1.38 bits per heavy atom. The number of rotatable bonds is 9. The standard InChI is InChI=1S/C22H30.C5H12.C2H6/c1-3-5-6-8-17(4-2)19-11-13-22-16-20(18-9-7-10-18)12-14-21(22)15-19;1-3-5-4-2;1-2/h11-18H,3-10H2,1-2H3;3-5H2,1-2H3;1-2H3. The summed E-state index contributed by atoms with van der Waals surface area (Å²) in [5, 5.41) is 2.85. The van der Waals surface area contributed by atoms with Crippen LogP contribution in [0.3, 0.4) is 0 Å². The van der Waals surface area contributed by atoms with Crippen molar-refractivity contribution in [2.24, 2.45) is 0 Å². The predicted molar refractivity (Wildman–Crippen MR) is 134 cm³/mol. The maximum atomic E-state index is 2.44. The van der Waals surface area contributed by atoms with Gasteiger partial charge in [0.2, 0.25) is 0 Å². The van der Waals surface area contributed by atoms with Gasteiger partial charge in [-0.15, -0.1) is 0 Å². The minimum absolute atomic E-state index is 0.738. The maximum Gasteiger partial charge on any atom is -0.0162 e. The van der Waals surface area contributed by atoms with Gasteiger partial charge in [0, 0.05) is 0 Å². The van der Waals surface area contributed by atoms with E-state index in [2.05, 4.69) is 64.1 Å². The Morgan fingerprint density at radius 3 is 1.90 bits per heavy atom. The van der Waals surface area contributed by atoms with E-state index in [1.807, 2.05) is 13.8 Å². The van der Waals surface area contributed by atoms with Gasteiger partial charge in [-0.1, -0.05) is 123 Å². The van der Waals surface area contributed by atoms with Crippen LogP contribution in [0, 0.1) is 0 Å². The van der Waals surface area contributed by atoms with Crippen molar-refractivity contribution in [1.29, 1.82) is 0 Å². The van der Waals surface area contributed by atoms with Crippen LogP contribution in [0.2, 0.25) is 0 Å². The van der Waals surface area contributed by atoms with E-state index in [4.69, 9.17) is 0 Å². The third kappa shape index (κ3) is 8.53. The van der Waals surface area contributed by atoms with E-state index < -0.39 is 0 Å². The Hall–Kier alpha value is -1.30. The molecule has 2 aromatic rings. The van der Waals surface area contributed by atoms with Gasteiger partial charge in [-0.25, -0.2) is 0 Å². The highest BCUT2D eigenvalue weighted by molar-refractivity contribution is 5.84. The van der Waals surface area contributed by atoms with Gasteiger partial charge in [-0.3, -0.25) is 0 Å². The molecule has 164 valence electrons. The molecule has 0 aliphatic heterocycles. The van der Waals surface area contributed by atoms with Gasteiger partial charge in [-0.2, -0.15) is 0 Å². The van der Waals surface area contributed by atoms with Gasteiger partial charge < -0.3 is 0 Å². The summed E-state index contributed by atoms with van der Waals surface area (Å²) in [6, 6.07) is 14.3. The molecule has 1 aliphatic carbocycles. The molecular weight excluding hydrogens is 348 g/mol. The summed E-state index contributed by atoms with van der Waals surface area (Å²) in [4.78, 5) is 0. The largest absolute Gasteiger partial charge is 0.0683 e. The molecule has 0 radical (unpaired) electrons. The molecule has 0 heteroatoms. The second kappa shape index (κ2) is 15.5. The highest BCUT2D eigenvalue weighted by atomic mass is 14.2. The lowest BCUT2D eigenvalue weighted by molar-refractivity contribution is 0.420. The zero-order chi connectivity index (χ0) is 21.5. The van der Waals surface area contributed by atoms with Crippen molar-refractivity contribution in [2.45, 2.75) is 124 Å². The van der Waals surface area contributed by atoms with Gasteiger partial charge in [0.15, 0.2) is 0 Å². The van der Waals surface area contributed by atoms with Gasteiger partial charge in [0.1, 0.15) is 0 Å². The lowest BCUT2D eigenvalue weighted by Crippen LogP contribution is -2.08. The third-order valence-corrected chi connectivity index (χ3v) is 6.29. The molecule has 1 atom stereocenters. The van der Waals surface area contributed by atoms with Crippen molar-refractivity contribution in [3.63, 3.8) is 0 Å². The lowest BCUT2D eigenvalue weighted by Gasteiger charge is -2.26. The average molecular weight is 397 g/mol. The fourth-order valence-electron chi connectivity index (χ4n) is 4.13. The van der Waals surface area contributed by atoms with Crippen LogP contribution in [-0.4, -0.2) is 0 Å². The summed E-state index contributed by atoms with van der Waals surface area (Å²) < 4.78 is 0. The number of benzene rings is 2. The van der Waals surface area contributed by atoms with Gasteiger partial charge in [0.05, 0.1) is 0 Å². The number of fused-ring (bicyclic) bond motifs is 1. The zero-order valence-corrected chi connectivity index (χ0v) is 20.4. The Bertz CT molecular complexity index is 648. The first-order valence-electron chi connectivity index (χ1n) is 12.8. The molecule has 0 N–H and O–H groups in total. The number of hydrogen-bond donors (Lipinski definition) is 0. The quantitative estimate of drug-likeness (QED) is 0.370. The van der Waals surface area contributed by atoms with E-state index in [-0.39, 0.29) is 0 Å². The Balaban J connectivity index is 0.000000527. The minimum Gasteiger partial charge on any atom is -0.0683 e. The molecule has 1 aliphatic rings. The van der Waals surface area contributed by atoms with Crippen LogP contribution in [0.4, 0.5) is 0 Å². The minimum atomic E-state index is 0.738. The SMILES string of the molecule is CC.CCCCC.CCCCCC(CC)c1ccc2cc(C3CCC3)ccc2c1. The highest BCUT2D eigenvalue weighted by Gasteiger charge is 2.19. The van der Waals surface area contributed by atoms with Crippen molar-refractivity contribution in [3.05, 3.63) is 47.5 Å². The molecule has 3 rings (SSSR count). The van der Waals surface area contributed by atoms with Crippen LogP contribution in [0.25, 0.3) is 10.8 Å². The molecule has 1 saturated carbocycles. The maximum absolute atomic E-state index is 2.44. The molecule has 1 unspecified atom stereocenters. The fraction of sp³-hybridized carbons (Fsp3) is 0.655. The van der Waals surface area contributed by atoms with Crippen LogP contribution in [0.15, 0.2) is 36.4 Å². The Morgan fingerprint density at radius 1 is 0.759 bits per heavy atom. The summed E-state index contributed by atoms with van der Waals surface area (Å²) in [7, 11) is 0. The molecule has 0 nitrogen and oxygen atoms in total. The second-order valence-corrected chi connectivity index (χ2v) is 8.45. The Labute approximate surface area is 182 Å². The van der Waals surface area contributed by atoms with E-state index >= 15 is 0 Å². The molecule has 0 saturated heterocycles. The van der Waals surface area contributed by atoms with E-state index in [9.17, 15) is 0 Å². The Kier molecular flexibility index (Phi) is 13.8. The first-order chi connectivity index (χ1) is 14.2. The van der Waals surface area contributed by atoms with E-state index in [1.54, 1.807) is 11.1 Å². The zero-order valence-electron chi connectivity index (χ0n) is 20.4. The average Bonchev–Trinajstić information content (AvgIpc) is 2.72. The van der Waals surface area contributed by atoms with Crippen molar-refractivity contribution >= 4 is 10.8 Å². The molecule has 0 heterocycles. The van der Waals surface area contributed by atoms with E-state index in [0.717, 1.165) is 11.8 Å². The topological polar surface area (TPSA) is 0 Å². The van der Waals surface area contributed by atoms with Crippen LogP contribution < -0.4 is 0 Å². The van der Waals surface area contributed by atoms with E-state index in [0.29, 0.717) is 0 Å². The molecular formula is C29H48. The molecule has 0 aromatic heterocycles. The van der Waals surface area contributed by atoms with Gasteiger partial charge in [0.25, 0.3) is 0 Å². The first-order valence-corrected chi connectivity index (χ1v) is 12.8. The highest BCUT2D eigenvalue weighted by Crippen LogP contribution is 2.38. The van der Waals surface area contributed by atoms with Crippen LogP contribution >= 0.6 is 0 Å². The summed E-state index contributed by atoms with van der Waals surface area (Å²) in [5.41, 5.74) is 3.10. The summed E-state index contributed by atoms with van der Waals surface area (Å²) in [6.45, 7) is 13.0. The van der Waals surface area contributed by atoms with Crippen molar-refractivity contribution < 1.29 is 0 Å². The van der Waals surface area contributed by atoms with Gasteiger partial charge in [-0.05, 0) is 59.4 Å². The molecule has 0 bridgehead atoms. The molecule has 0 spiro atoms. The first kappa shape index (κ1) is 25.7. The van der Waals surface area contributed by atoms with Crippen molar-refractivity contribution in [2.75, 3.05) is 0 Å². The molecule has 2 aromatic carbocycles. The molecule has 1 fully saturated rings. The van der Waals surface area contributed by atoms with Crippen molar-refractivity contribution in [1.82, 2.24) is 0 Å². The monoisotopic (exact) mass is 396 g/mol. The number of unbranched alkanes of at least 4 members (excludes halogenated alkanes) is 4. The van der Waals surface area contributed by atoms with Crippen molar-refractivity contribution in [3.8, 4) is 0 Å². The van der Waals surface area contributed by atoms with Crippen LogP contribution in [0.5, 0.6) is 0 Å². The third-order valence-electron chi connectivity index (χ3n) is 6.29. The second-order valence-electron chi connectivity index (χ2n) is 8.45. The summed E-state index contributed by atoms with van der Waals surface area (Å²) in [6.07, 6.45) is 14.9.